The molecule has 0 radical (unpaired) electrons. The number of benzene rings is 1. The van der Waals surface area contributed by atoms with E-state index in [1.54, 1.807) is 7.11 Å². The Kier molecular flexibility index (Phi) is 6.87. The van der Waals surface area contributed by atoms with E-state index in [0.29, 0.717) is 24.0 Å². The second kappa shape index (κ2) is 8.16. The van der Waals surface area contributed by atoms with Gasteiger partial charge in [0.15, 0.2) is 17.7 Å². The monoisotopic (exact) mass is 351 g/mol. The topological polar surface area (TPSA) is 47.6 Å². The molecule has 0 aliphatic rings. The summed E-state index contributed by atoms with van der Waals surface area (Å²) in [5, 5.41) is 2.61. The molecule has 1 amide bonds. The number of carbonyl (C=O) groups excluding carboxylic acids is 1. The summed E-state index contributed by atoms with van der Waals surface area (Å²) in [4.78, 5) is 11.7. The maximum absolute atomic E-state index is 13.5. The predicted molar refractivity (Wildman–Crippen MR) is 73.7 cm³/mol. The highest BCUT2D eigenvalue weighted by Crippen LogP contribution is 2.26. The molecule has 0 bridgehead atoms. The van der Waals surface area contributed by atoms with Crippen molar-refractivity contribution in [2.45, 2.75) is 19.4 Å². The smallest absolute Gasteiger partial charge is 0.260 e. The number of amides is 1. The Morgan fingerprint density at radius 2 is 2.15 bits per heavy atom. The van der Waals surface area contributed by atoms with E-state index in [1.165, 1.54) is 13.0 Å². The van der Waals surface area contributed by atoms with Gasteiger partial charge in [-0.3, -0.25) is 4.79 Å². The van der Waals surface area contributed by atoms with Gasteiger partial charge in [0.05, 0.1) is 0 Å². The Morgan fingerprint density at radius 3 is 2.80 bits per heavy atom. The Bertz CT molecular complexity index is 471. The fourth-order valence-electron chi connectivity index (χ4n) is 1.43. The van der Waals surface area contributed by atoms with Crippen molar-refractivity contribution < 1.29 is 23.0 Å². The Labute approximate surface area is 124 Å². The van der Waals surface area contributed by atoms with Crippen molar-refractivity contribution in [1.29, 1.82) is 0 Å². The fourth-order valence-corrected chi connectivity index (χ4v) is 1.84. The lowest BCUT2D eigenvalue weighted by Gasteiger charge is -2.15. The van der Waals surface area contributed by atoms with Crippen LogP contribution in [0.2, 0.25) is 0 Å². The third kappa shape index (κ3) is 5.05. The first-order chi connectivity index (χ1) is 9.45. The summed E-state index contributed by atoms with van der Waals surface area (Å²) in [5.74, 6) is -2.87. The quantitative estimate of drug-likeness (QED) is 0.606. The third-order valence-electron chi connectivity index (χ3n) is 2.46. The molecule has 7 heteroatoms. The van der Waals surface area contributed by atoms with E-state index in [0.717, 1.165) is 6.07 Å². The highest BCUT2D eigenvalue weighted by molar-refractivity contribution is 9.10. The van der Waals surface area contributed by atoms with Crippen molar-refractivity contribution in [1.82, 2.24) is 5.32 Å². The number of ether oxygens (including phenoxy) is 2. The van der Waals surface area contributed by atoms with E-state index >= 15 is 0 Å². The lowest BCUT2D eigenvalue weighted by Crippen LogP contribution is -2.37. The zero-order valence-electron chi connectivity index (χ0n) is 11.2. The van der Waals surface area contributed by atoms with Crippen molar-refractivity contribution in [2.24, 2.45) is 0 Å². The van der Waals surface area contributed by atoms with E-state index in [1.807, 2.05) is 0 Å². The molecule has 4 nitrogen and oxygen atoms in total. The second-order valence-corrected chi connectivity index (χ2v) is 5.01. The fraction of sp³-hybridized carbons (Fsp3) is 0.462. The van der Waals surface area contributed by atoms with E-state index in [4.69, 9.17) is 9.47 Å². The van der Waals surface area contributed by atoms with Gasteiger partial charge >= 0.3 is 0 Å². The Hall–Kier alpha value is -1.21. The number of carbonyl (C=O) groups is 1. The van der Waals surface area contributed by atoms with Gasteiger partial charge in [-0.25, -0.2) is 4.39 Å². The molecule has 0 aliphatic carbocycles. The number of hydrogen-bond acceptors (Lipinski definition) is 3. The zero-order chi connectivity index (χ0) is 15.1. The number of hydrogen-bond donors (Lipinski definition) is 1. The van der Waals surface area contributed by atoms with Gasteiger partial charge in [0, 0.05) is 24.7 Å². The molecular formula is C13H16BrF2NO3. The molecule has 1 aromatic rings. The van der Waals surface area contributed by atoms with Crippen LogP contribution < -0.4 is 10.1 Å². The third-order valence-corrected chi connectivity index (χ3v) is 2.91. The summed E-state index contributed by atoms with van der Waals surface area (Å²) >= 11 is 3.03. The highest BCUT2D eigenvalue weighted by atomic mass is 79.9. The van der Waals surface area contributed by atoms with Crippen molar-refractivity contribution >= 4 is 21.8 Å². The molecule has 0 heterocycles. The molecule has 1 unspecified atom stereocenters. The molecule has 1 N–H and O–H groups in total. The summed E-state index contributed by atoms with van der Waals surface area (Å²) in [7, 11) is 1.57. The van der Waals surface area contributed by atoms with Crippen LogP contribution in [0.25, 0.3) is 0 Å². The molecular weight excluding hydrogens is 336 g/mol. The van der Waals surface area contributed by atoms with Crippen LogP contribution in [0.15, 0.2) is 16.6 Å². The number of rotatable bonds is 7. The highest BCUT2D eigenvalue weighted by Gasteiger charge is 2.18. The van der Waals surface area contributed by atoms with Crippen molar-refractivity contribution in [3.05, 3.63) is 28.2 Å². The molecule has 1 atom stereocenters. The van der Waals surface area contributed by atoms with Gasteiger partial charge in [0.2, 0.25) is 5.82 Å². The van der Waals surface area contributed by atoms with Crippen LogP contribution in [0, 0.1) is 11.6 Å². The average Bonchev–Trinajstić information content (AvgIpc) is 2.40. The van der Waals surface area contributed by atoms with E-state index in [-0.39, 0.29) is 5.75 Å². The minimum Gasteiger partial charge on any atom is -0.478 e. The molecule has 1 aromatic carbocycles. The van der Waals surface area contributed by atoms with Gasteiger partial charge in [-0.05, 0) is 25.5 Å². The Balaban J connectivity index is 2.57. The summed E-state index contributed by atoms with van der Waals surface area (Å²) in [6.45, 7) is 2.42. The standard InChI is InChI=1S/C13H16BrF2NO3/c1-8(13(18)17-4-3-5-19-2)20-11-7-9(14)6-10(15)12(11)16/h6-8H,3-5H2,1-2H3,(H,17,18). The Morgan fingerprint density at radius 1 is 1.45 bits per heavy atom. The van der Waals surface area contributed by atoms with E-state index in [9.17, 15) is 13.6 Å². The molecule has 1 rings (SSSR count). The zero-order valence-corrected chi connectivity index (χ0v) is 12.8. The minimum absolute atomic E-state index is 0.309. The lowest BCUT2D eigenvalue weighted by atomic mass is 10.3. The lowest BCUT2D eigenvalue weighted by molar-refractivity contribution is -0.127. The van der Waals surface area contributed by atoms with Crippen LogP contribution in [0.5, 0.6) is 5.75 Å². The summed E-state index contributed by atoms with van der Waals surface area (Å²) in [6, 6.07) is 2.25. The molecule has 0 saturated heterocycles. The summed E-state index contributed by atoms with van der Waals surface area (Å²) in [5.41, 5.74) is 0. The van der Waals surface area contributed by atoms with Crippen LogP contribution in [0.4, 0.5) is 8.78 Å². The number of methoxy groups -OCH3 is 1. The maximum Gasteiger partial charge on any atom is 0.260 e. The van der Waals surface area contributed by atoms with Crippen LogP contribution >= 0.6 is 15.9 Å². The minimum atomic E-state index is -1.12. The van der Waals surface area contributed by atoms with E-state index < -0.39 is 23.6 Å². The van der Waals surface area contributed by atoms with Crippen LogP contribution in [0.3, 0.4) is 0 Å². The molecule has 0 spiro atoms. The molecule has 0 aromatic heterocycles. The number of halogens is 3. The molecule has 112 valence electrons. The van der Waals surface area contributed by atoms with Crippen LogP contribution in [-0.2, 0) is 9.53 Å². The van der Waals surface area contributed by atoms with Gasteiger partial charge < -0.3 is 14.8 Å². The van der Waals surface area contributed by atoms with Crippen molar-refractivity contribution in [3.63, 3.8) is 0 Å². The molecule has 20 heavy (non-hydrogen) atoms. The maximum atomic E-state index is 13.5. The second-order valence-electron chi connectivity index (χ2n) is 4.10. The molecule has 0 aliphatic heterocycles. The van der Waals surface area contributed by atoms with E-state index in [2.05, 4.69) is 21.2 Å². The van der Waals surface area contributed by atoms with Gasteiger partial charge in [-0.2, -0.15) is 4.39 Å². The first-order valence-corrected chi connectivity index (χ1v) is 6.83. The average molecular weight is 352 g/mol. The number of nitrogens with one attached hydrogen (secondary N) is 1. The van der Waals surface area contributed by atoms with Gasteiger partial charge in [0.1, 0.15) is 0 Å². The molecule has 0 fully saturated rings. The van der Waals surface area contributed by atoms with Crippen molar-refractivity contribution in [2.75, 3.05) is 20.3 Å². The van der Waals surface area contributed by atoms with Gasteiger partial charge in [-0.1, -0.05) is 15.9 Å². The van der Waals surface area contributed by atoms with Crippen molar-refractivity contribution in [3.8, 4) is 5.75 Å². The van der Waals surface area contributed by atoms with Crippen LogP contribution in [-0.4, -0.2) is 32.3 Å². The van der Waals surface area contributed by atoms with Gasteiger partial charge in [-0.15, -0.1) is 0 Å². The summed E-state index contributed by atoms with van der Waals surface area (Å²) in [6.07, 6.45) is -0.268. The van der Waals surface area contributed by atoms with Gasteiger partial charge in [0.25, 0.3) is 5.91 Å². The van der Waals surface area contributed by atoms with Crippen LogP contribution in [0.1, 0.15) is 13.3 Å². The molecule has 0 saturated carbocycles. The SMILES string of the molecule is COCCCNC(=O)C(C)Oc1cc(Br)cc(F)c1F. The summed E-state index contributed by atoms with van der Waals surface area (Å²) < 4.78 is 37.0. The largest absolute Gasteiger partial charge is 0.478 e. The predicted octanol–water partition coefficient (Wildman–Crippen LogP) is 2.65. The first kappa shape index (κ1) is 16.8. The first-order valence-electron chi connectivity index (χ1n) is 6.03. The normalized spacial score (nSPS) is 12.1.